The summed E-state index contributed by atoms with van der Waals surface area (Å²) in [6.07, 6.45) is 2.17. The van der Waals surface area contributed by atoms with Gasteiger partial charge in [0.15, 0.2) is 17.0 Å². The number of ether oxygens (including phenoxy) is 1. The number of aromatic nitrogens is 5. The third-order valence-corrected chi connectivity index (χ3v) is 5.09. The predicted molar refractivity (Wildman–Crippen MR) is 121 cm³/mol. The highest BCUT2D eigenvalue weighted by atomic mass is 35.5. The summed E-state index contributed by atoms with van der Waals surface area (Å²) in [6, 6.07) is 7.22. The lowest BCUT2D eigenvalue weighted by atomic mass is 10.1. The molecule has 0 saturated carbocycles. The molecule has 0 spiro atoms. The number of pyridine rings is 1. The first-order valence-corrected chi connectivity index (χ1v) is 10.3. The van der Waals surface area contributed by atoms with Crippen LogP contribution < -0.4 is 5.32 Å². The van der Waals surface area contributed by atoms with E-state index < -0.39 is 11.7 Å². The monoisotopic (exact) mass is 458 g/mol. The number of fused-ring (bicyclic) bond motifs is 2. The van der Waals surface area contributed by atoms with Crippen LogP contribution in [-0.4, -0.2) is 36.2 Å². The molecule has 3 heterocycles. The average molecular weight is 459 g/mol. The Kier molecular flexibility index (Phi) is 5.45. The molecule has 31 heavy (non-hydrogen) atoms. The molecule has 10 heteroatoms. The summed E-state index contributed by atoms with van der Waals surface area (Å²) in [5.74, 6) is 0.462. The van der Waals surface area contributed by atoms with Gasteiger partial charge < -0.3 is 10.1 Å². The Morgan fingerprint density at radius 3 is 2.71 bits per heavy atom. The van der Waals surface area contributed by atoms with Gasteiger partial charge in [-0.05, 0) is 45.2 Å². The van der Waals surface area contributed by atoms with Gasteiger partial charge in [-0.3, -0.25) is 0 Å². The molecule has 0 saturated heterocycles. The lowest BCUT2D eigenvalue weighted by Crippen LogP contribution is -2.26. The third-order valence-electron chi connectivity index (χ3n) is 4.50. The first-order valence-electron chi connectivity index (χ1n) is 9.56. The molecule has 0 radical (unpaired) electrons. The van der Waals surface area contributed by atoms with Gasteiger partial charge in [0.2, 0.25) is 0 Å². The number of anilines is 1. The van der Waals surface area contributed by atoms with Gasteiger partial charge in [0.05, 0.1) is 16.8 Å². The molecule has 0 aliphatic carbocycles. The summed E-state index contributed by atoms with van der Waals surface area (Å²) >= 11 is 12.6. The highest BCUT2D eigenvalue weighted by Crippen LogP contribution is 2.32. The van der Waals surface area contributed by atoms with Crippen LogP contribution in [0, 0.1) is 0 Å². The standard InChI is InChI=1S/C21H20Cl2N6O2/c1-11(14-8-12-6-5-7-13(22)15(12)17(23)28-14)27-18-16-19(25-9-24-18)29(10-26-16)20(30)31-21(2,3)4/h5-11H,1-4H3,(H,24,25,27)/t11-/m0/s1. The van der Waals surface area contributed by atoms with Crippen molar-refractivity contribution in [1.82, 2.24) is 24.5 Å². The molecule has 160 valence electrons. The van der Waals surface area contributed by atoms with Crippen LogP contribution in [0.3, 0.4) is 0 Å². The van der Waals surface area contributed by atoms with Crippen LogP contribution in [-0.2, 0) is 4.74 Å². The van der Waals surface area contributed by atoms with E-state index in [-0.39, 0.29) is 6.04 Å². The van der Waals surface area contributed by atoms with Crippen LogP contribution in [0.25, 0.3) is 21.9 Å². The molecule has 0 aliphatic heterocycles. The smallest absolute Gasteiger partial charge is 0.421 e. The number of imidazole rings is 1. The maximum absolute atomic E-state index is 12.5. The van der Waals surface area contributed by atoms with Gasteiger partial charge in [0.1, 0.15) is 23.4 Å². The molecule has 1 atom stereocenters. The second kappa shape index (κ2) is 7.94. The Labute approximate surface area is 188 Å². The minimum absolute atomic E-state index is 0.259. The number of nitrogens with one attached hydrogen (secondary N) is 1. The summed E-state index contributed by atoms with van der Waals surface area (Å²) in [6.45, 7) is 7.31. The summed E-state index contributed by atoms with van der Waals surface area (Å²) in [5, 5.41) is 5.75. The lowest BCUT2D eigenvalue weighted by molar-refractivity contribution is 0.0542. The van der Waals surface area contributed by atoms with E-state index >= 15 is 0 Å². The van der Waals surface area contributed by atoms with Crippen molar-refractivity contribution in [3.8, 4) is 0 Å². The number of rotatable bonds is 3. The summed E-state index contributed by atoms with van der Waals surface area (Å²) < 4.78 is 6.67. The Bertz CT molecular complexity index is 1300. The molecular formula is C21H20Cl2N6O2. The van der Waals surface area contributed by atoms with E-state index in [4.69, 9.17) is 27.9 Å². The zero-order valence-electron chi connectivity index (χ0n) is 17.3. The largest absolute Gasteiger partial charge is 0.443 e. The van der Waals surface area contributed by atoms with Gasteiger partial charge in [-0.1, -0.05) is 35.3 Å². The summed E-state index contributed by atoms with van der Waals surface area (Å²) in [5.41, 5.74) is 0.851. The van der Waals surface area contributed by atoms with Crippen molar-refractivity contribution >= 4 is 57.0 Å². The van der Waals surface area contributed by atoms with Gasteiger partial charge in [0.25, 0.3) is 0 Å². The second-order valence-electron chi connectivity index (χ2n) is 8.03. The van der Waals surface area contributed by atoms with Gasteiger partial charge in [-0.25, -0.2) is 29.3 Å². The number of halogens is 2. The fourth-order valence-corrected chi connectivity index (χ4v) is 3.75. The van der Waals surface area contributed by atoms with Gasteiger partial charge in [-0.2, -0.15) is 0 Å². The number of nitrogens with zero attached hydrogens (tertiary/aromatic N) is 5. The topological polar surface area (TPSA) is 94.8 Å². The molecule has 0 aliphatic rings. The first kappa shape index (κ1) is 21.3. The highest BCUT2D eigenvalue weighted by molar-refractivity contribution is 6.41. The lowest BCUT2D eigenvalue weighted by Gasteiger charge is -2.19. The zero-order valence-corrected chi connectivity index (χ0v) is 18.9. The van der Waals surface area contributed by atoms with Crippen molar-refractivity contribution in [2.75, 3.05) is 5.32 Å². The molecule has 4 aromatic rings. The SMILES string of the molecule is C[C@H](Nc1ncnc2c1ncn2C(=O)OC(C)(C)C)c1cc2cccc(Cl)c2c(Cl)n1. The molecule has 1 aromatic carbocycles. The average Bonchev–Trinajstić information content (AvgIpc) is 3.12. The molecule has 3 aromatic heterocycles. The fraction of sp³-hybridized carbons (Fsp3) is 0.286. The molecular weight excluding hydrogens is 439 g/mol. The summed E-state index contributed by atoms with van der Waals surface area (Å²) in [4.78, 5) is 29.7. The van der Waals surface area contributed by atoms with Gasteiger partial charge in [-0.15, -0.1) is 0 Å². The van der Waals surface area contributed by atoms with Crippen LogP contribution in [0.2, 0.25) is 10.2 Å². The van der Waals surface area contributed by atoms with E-state index in [0.29, 0.717) is 38.2 Å². The second-order valence-corrected chi connectivity index (χ2v) is 8.80. The van der Waals surface area contributed by atoms with Crippen molar-refractivity contribution in [1.29, 1.82) is 0 Å². The molecule has 0 bridgehead atoms. The highest BCUT2D eigenvalue weighted by Gasteiger charge is 2.22. The number of carbonyl (C=O) groups is 1. The number of hydrogen-bond acceptors (Lipinski definition) is 7. The number of benzene rings is 1. The minimum atomic E-state index is -0.639. The fourth-order valence-electron chi connectivity index (χ4n) is 3.13. The molecule has 1 N–H and O–H groups in total. The first-order chi connectivity index (χ1) is 14.6. The molecule has 0 amide bonds. The Balaban J connectivity index is 1.66. The van der Waals surface area contributed by atoms with E-state index in [0.717, 1.165) is 5.39 Å². The molecule has 8 nitrogen and oxygen atoms in total. The van der Waals surface area contributed by atoms with Crippen molar-refractivity contribution in [2.24, 2.45) is 0 Å². The van der Waals surface area contributed by atoms with Crippen LogP contribution >= 0.6 is 23.2 Å². The molecule has 0 unspecified atom stereocenters. The Hall–Kier alpha value is -2.97. The maximum Gasteiger partial charge on any atom is 0.421 e. The van der Waals surface area contributed by atoms with E-state index in [1.54, 1.807) is 26.8 Å². The zero-order chi connectivity index (χ0) is 22.3. The predicted octanol–water partition coefficient (Wildman–Crippen LogP) is 5.64. The van der Waals surface area contributed by atoms with E-state index in [2.05, 4.69) is 25.3 Å². The van der Waals surface area contributed by atoms with Crippen molar-refractivity contribution in [3.63, 3.8) is 0 Å². The van der Waals surface area contributed by atoms with Crippen LogP contribution in [0.1, 0.15) is 39.4 Å². The minimum Gasteiger partial charge on any atom is -0.443 e. The van der Waals surface area contributed by atoms with Crippen molar-refractivity contribution < 1.29 is 9.53 Å². The van der Waals surface area contributed by atoms with E-state index in [1.807, 2.05) is 25.1 Å². The summed E-state index contributed by atoms with van der Waals surface area (Å²) in [7, 11) is 0. The normalized spacial score (nSPS) is 12.8. The van der Waals surface area contributed by atoms with Gasteiger partial charge in [0, 0.05) is 5.39 Å². The molecule has 4 rings (SSSR count). The van der Waals surface area contributed by atoms with E-state index in [1.165, 1.54) is 17.2 Å². The van der Waals surface area contributed by atoms with Crippen molar-refractivity contribution in [3.05, 3.63) is 52.8 Å². The Morgan fingerprint density at radius 2 is 1.97 bits per heavy atom. The van der Waals surface area contributed by atoms with Crippen molar-refractivity contribution in [2.45, 2.75) is 39.3 Å². The van der Waals surface area contributed by atoms with Gasteiger partial charge >= 0.3 is 6.09 Å². The van der Waals surface area contributed by atoms with E-state index in [9.17, 15) is 4.79 Å². The van der Waals surface area contributed by atoms with Crippen LogP contribution in [0.4, 0.5) is 10.6 Å². The number of carbonyl (C=O) groups excluding carboxylic acids is 1. The maximum atomic E-state index is 12.5. The third kappa shape index (κ3) is 4.26. The van der Waals surface area contributed by atoms with Crippen LogP contribution in [0.5, 0.6) is 0 Å². The Morgan fingerprint density at radius 1 is 1.19 bits per heavy atom. The van der Waals surface area contributed by atoms with Crippen LogP contribution in [0.15, 0.2) is 36.9 Å². The molecule has 0 fully saturated rings. The quantitative estimate of drug-likeness (QED) is 0.396. The number of hydrogen-bond donors (Lipinski definition) is 1.